The highest BCUT2D eigenvalue weighted by Crippen LogP contribution is 2.42. The molecule has 1 nitrogen and oxygen atoms in total. The van der Waals surface area contributed by atoms with Gasteiger partial charge in [0.05, 0.1) is 5.60 Å². The van der Waals surface area contributed by atoms with E-state index >= 15 is 0 Å². The average Bonchev–Trinajstić information content (AvgIpc) is 2.33. The van der Waals surface area contributed by atoms with Crippen LogP contribution < -0.4 is 0 Å². The lowest BCUT2D eigenvalue weighted by molar-refractivity contribution is -0.0371. The Morgan fingerprint density at radius 1 is 1.06 bits per heavy atom. The van der Waals surface area contributed by atoms with E-state index in [2.05, 4.69) is 13.8 Å². The summed E-state index contributed by atoms with van der Waals surface area (Å²) in [6.07, 6.45) is 3.53. The second-order valence-corrected chi connectivity index (χ2v) is 5.98. The molecule has 4 atom stereocenters. The zero-order valence-electron chi connectivity index (χ0n) is 11.2. The molecule has 94 valence electrons. The lowest BCUT2D eigenvalue weighted by Gasteiger charge is -2.40. The number of hydrogen-bond acceptors (Lipinski definition) is 1. The highest BCUT2D eigenvalue weighted by molar-refractivity contribution is 5.22. The van der Waals surface area contributed by atoms with Gasteiger partial charge < -0.3 is 5.11 Å². The molecule has 1 aliphatic carbocycles. The van der Waals surface area contributed by atoms with Crippen LogP contribution in [-0.4, -0.2) is 5.11 Å². The molecule has 0 amide bonds. The minimum Gasteiger partial charge on any atom is -0.385 e. The summed E-state index contributed by atoms with van der Waals surface area (Å²) in [5.74, 6) is 1.93. The molecule has 1 heteroatoms. The summed E-state index contributed by atoms with van der Waals surface area (Å²) in [6, 6.07) is 10.1. The molecular weight excluding hydrogens is 208 g/mol. The van der Waals surface area contributed by atoms with Crippen LogP contribution in [0.4, 0.5) is 0 Å². The minimum absolute atomic E-state index is 0.399. The third-order valence-electron chi connectivity index (χ3n) is 4.75. The summed E-state index contributed by atoms with van der Waals surface area (Å²) >= 11 is 0. The summed E-state index contributed by atoms with van der Waals surface area (Å²) in [6.45, 7) is 6.63. The quantitative estimate of drug-likeness (QED) is 0.818. The Balaban J connectivity index is 2.16. The van der Waals surface area contributed by atoms with E-state index in [9.17, 15) is 5.11 Å². The molecule has 1 aromatic carbocycles. The summed E-state index contributed by atoms with van der Waals surface area (Å²) < 4.78 is 0. The van der Waals surface area contributed by atoms with Crippen LogP contribution in [0.15, 0.2) is 30.3 Å². The minimum atomic E-state index is -0.671. The van der Waals surface area contributed by atoms with E-state index < -0.39 is 5.60 Å². The van der Waals surface area contributed by atoms with E-state index in [1.165, 1.54) is 6.42 Å². The fourth-order valence-electron chi connectivity index (χ4n) is 3.07. The van der Waals surface area contributed by atoms with E-state index in [-0.39, 0.29) is 0 Å². The molecule has 0 heterocycles. The zero-order chi connectivity index (χ0) is 12.5. The first-order chi connectivity index (χ1) is 8.01. The summed E-state index contributed by atoms with van der Waals surface area (Å²) in [4.78, 5) is 0. The van der Waals surface area contributed by atoms with Crippen molar-refractivity contribution in [3.05, 3.63) is 35.9 Å². The molecule has 0 aliphatic heterocycles. The zero-order valence-corrected chi connectivity index (χ0v) is 11.2. The van der Waals surface area contributed by atoms with Gasteiger partial charge in [-0.1, -0.05) is 50.6 Å². The molecule has 17 heavy (non-hydrogen) atoms. The van der Waals surface area contributed by atoms with Crippen LogP contribution in [0.1, 0.15) is 45.6 Å². The van der Waals surface area contributed by atoms with Gasteiger partial charge in [0.2, 0.25) is 0 Å². The molecule has 1 aromatic rings. The third kappa shape index (κ3) is 2.55. The smallest absolute Gasteiger partial charge is 0.0896 e. The first-order valence-corrected chi connectivity index (χ1v) is 6.79. The van der Waals surface area contributed by atoms with Gasteiger partial charge in [-0.05, 0) is 43.1 Å². The maximum absolute atomic E-state index is 10.8. The van der Waals surface area contributed by atoms with Crippen LogP contribution in [0.2, 0.25) is 0 Å². The van der Waals surface area contributed by atoms with E-state index in [0.717, 1.165) is 30.2 Å². The molecule has 0 radical (unpaired) electrons. The van der Waals surface area contributed by atoms with Gasteiger partial charge in [0, 0.05) is 0 Å². The van der Waals surface area contributed by atoms with Gasteiger partial charge in [0.15, 0.2) is 0 Å². The maximum atomic E-state index is 10.8. The average molecular weight is 232 g/mol. The lowest BCUT2D eigenvalue weighted by Crippen LogP contribution is -2.36. The first kappa shape index (κ1) is 12.6. The Bertz CT molecular complexity index is 355. The van der Waals surface area contributed by atoms with Gasteiger partial charge in [-0.15, -0.1) is 0 Å². The normalized spacial score (nSPS) is 33.1. The van der Waals surface area contributed by atoms with Crippen LogP contribution in [0.5, 0.6) is 0 Å². The van der Waals surface area contributed by atoms with Crippen LogP contribution in [0.25, 0.3) is 0 Å². The van der Waals surface area contributed by atoms with E-state index in [4.69, 9.17) is 0 Å². The third-order valence-corrected chi connectivity index (χ3v) is 4.75. The van der Waals surface area contributed by atoms with Crippen LogP contribution >= 0.6 is 0 Å². The highest BCUT2D eigenvalue weighted by atomic mass is 16.3. The predicted octanol–water partition coefficient (Wildman–Crippen LogP) is 3.97. The maximum Gasteiger partial charge on any atom is 0.0896 e. The molecule has 0 spiro atoms. The molecule has 1 aliphatic rings. The van der Waals surface area contributed by atoms with Gasteiger partial charge in [-0.2, -0.15) is 0 Å². The van der Waals surface area contributed by atoms with Gasteiger partial charge in [0.1, 0.15) is 0 Å². The van der Waals surface area contributed by atoms with Gasteiger partial charge in [-0.3, -0.25) is 0 Å². The topological polar surface area (TPSA) is 20.2 Å². The highest BCUT2D eigenvalue weighted by Gasteiger charge is 2.37. The number of aliphatic hydroxyl groups is 1. The van der Waals surface area contributed by atoms with Gasteiger partial charge in [0.25, 0.3) is 0 Å². The number of rotatable bonds is 2. The van der Waals surface area contributed by atoms with Gasteiger partial charge in [-0.25, -0.2) is 0 Å². The van der Waals surface area contributed by atoms with Crippen LogP contribution in [0.3, 0.4) is 0 Å². The van der Waals surface area contributed by atoms with Crippen molar-refractivity contribution in [3.8, 4) is 0 Å². The molecule has 1 N–H and O–H groups in total. The molecule has 0 bridgehead atoms. The summed E-state index contributed by atoms with van der Waals surface area (Å²) in [5, 5.41) is 10.8. The van der Waals surface area contributed by atoms with Gasteiger partial charge >= 0.3 is 0 Å². The van der Waals surface area contributed by atoms with Crippen LogP contribution in [0, 0.1) is 17.8 Å². The largest absolute Gasteiger partial charge is 0.385 e. The Kier molecular flexibility index (Phi) is 3.58. The van der Waals surface area contributed by atoms with Crippen molar-refractivity contribution in [1.82, 2.24) is 0 Å². The van der Waals surface area contributed by atoms with Crippen molar-refractivity contribution < 1.29 is 5.11 Å². The van der Waals surface area contributed by atoms with E-state index in [0.29, 0.717) is 5.92 Å². The van der Waals surface area contributed by atoms with Crippen molar-refractivity contribution in [2.45, 2.75) is 45.6 Å². The van der Waals surface area contributed by atoms with E-state index in [1.807, 2.05) is 37.3 Å². The number of hydrogen-bond donors (Lipinski definition) is 1. The molecule has 1 fully saturated rings. The molecule has 4 unspecified atom stereocenters. The molecule has 1 saturated carbocycles. The molecule has 2 rings (SSSR count). The van der Waals surface area contributed by atoms with Crippen molar-refractivity contribution in [3.63, 3.8) is 0 Å². The van der Waals surface area contributed by atoms with Crippen LogP contribution in [-0.2, 0) is 5.60 Å². The standard InChI is InChI=1S/C16H24O/c1-12-9-10-15(11-13(12)2)16(3,17)14-7-5-4-6-8-14/h4-8,12-13,15,17H,9-11H2,1-3H3. The number of benzene rings is 1. The molecular formula is C16H24O. The fourth-order valence-corrected chi connectivity index (χ4v) is 3.07. The Labute approximate surface area is 105 Å². The van der Waals surface area contributed by atoms with Crippen molar-refractivity contribution in [2.24, 2.45) is 17.8 Å². The van der Waals surface area contributed by atoms with Crippen molar-refractivity contribution >= 4 is 0 Å². The Hall–Kier alpha value is -0.820. The van der Waals surface area contributed by atoms with E-state index in [1.54, 1.807) is 0 Å². The second kappa shape index (κ2) is 4.81. The SMILES string of the molecule is CC1CCC(C(C)(O)c2ccccc2)CC1C. The molecule has 0 saturated heterocycles. The second-order valence-electron chi connectivity index (χ2n) is 5.98. The first-order valence-electron chi connectivity index (χ1n) is 6.79. The van der Waals surface area contributed by atoms with Crippen molar-refractivity contribution in [1.29, 1.82) is 0 Å². The predicted molar refractivity (Wildman–Crippen MR) is 71.7 cm³/mol. The Morgan fingerprint density at radius 3 is 2.29 bits per heavy atom. The Morgan fingerprint density at radius 2 is 1.71 bits per heavy atom. The summed E-state index contributed by atoms with van der Waals surface area (Å²) in [7, 11) is 0. The van der Waals surface area contributed by atoms with Crippen molar-refractivity contribution in [2.75, 3.05) is 0 Å². The summed E-state index contributed by atoms with van der Waals surface area (Å²) in [5.41, 5.74) is 0.391. The fraction of sp³-hybridized carbons (Fsp3) is 0.625. The molecule has 0 aromatic heterocycles. The lowest BCUT2D eigenvalue weighted by atomic mass is 9.68. The monoisotopic (exact) mass is 232 g/mol.